The number of hydrogen-bond acceptors (Lipinski definition) is 5. The van der Waals surface area contributed by atoms with Gasteiger partial charge >= 0.3 is 5.69 Å². The molecule has 2 aromatic rings. The molecule has 0 N–H and O–H groups in total. The normalized spacial score (nSPS) is 10.4. The van der Waals surface area contributed by atoms with E-state index in [9.17, 15) is 10.1 Å². The van der Waals surface area contributed by atoms with Crippen LogP contribution in [0, 0.1) is 10.1 Å². The van der Waals surface area contributed by atoms with Crippen molar-refractivity contribution < 1.29 is 9.66 Å². The molecule has 0 aliphatic carbocycles. The number of nitrogens with zero attached hydrogens (tertiary/aromatic N) is 4. The highest BCUT2D eigenvalue weighted by Gasteiger charge is 2.16. The van der Waals surface area contributed by atoms with E-state index in [2.05, 4.69) is 26.0 Å². The van der Waals surface area contributed by atoms with Crippen LogP contribution in [-0.2, 0) is 19.0 Å². The highest BCUT2D eigenvalue weighted by Crippen LogP contribution is 2.29. The number of benzene rings is 1. The van der Waals surface area contributed by atoms with Gasteiger partial charge in [0.1, 0.15) is 12.9 Å². The number of halogens is 1. The number of aryl methyl sites for hydroxylation is 1. The highest BCUT2D eigenvalue weighted by atomic mass is 79.9. The third-order valence-electron chi connectivity index (χ3n) is 2.54. The summed E-state index contributed by atoms with van der Waals surface area (Å²) in [4.78, 5) is 14.5. The van der Waals surface area contributed by atoms with Crippen molar-refractivity contribution in [1.29, 1.82) is 0 Å². The van der Waals surface area contributed by atoms with E-state index in [1.165, 1.54) is 12.4 Å². The first-order valence-electron chi connectivity index (χ1n) is 5.40. The van der Waals surface area contributed by atoms with Gasteiger partial charge in [0.2, 0.25) is 0 Å². The van der Waals surface area contributed by atoms with Crippen LogP contribution in [0.2, 0.25) is 0 Å². The molecule has 0 atom stereocenters. The largest absolute Gasteiger partial charge is 0.479 e. The summed E-state index contributed by atoms with van der Waals surface area (Å²) in [6.45, 7) is 0.130. The summed E-state index contributed by atoms with van der Waals surface area (Å²) in [7, 11) is 1.73. The van der Waals surface area contributed by atoms with Crippen LogP contribution in [0.4, 0.5) is 5.69 Å². The van der Waals surface area contributed by atoms with E-state index >= 15 is 0 Å². The summed E-state index contributed by atoms with van der Waals surface area (Å²) in [6, 6.07) is 4.85. The zero-order valence-electron chi connectivity index (χ0n) is 10.1. The van der Waals surface area contributed by atoms with Gasteiger partial charge in [-0.15, -0.1) is 0 Å². The quantitative estimate of drug-likeness (QED) is 0.478. The Kier molecular flexibility index (Phi) is 4.10. The molecule has 19 heavy (non-hydrogen) atoms. The van der Waals surface area contributed by atoms with Crippen molar-refractivity contribution >= 4 is 21.6 Å². The molecule has 0 fully saturated rings. The van der Waals surface area contributed by atoms with E-state index in [1.54, 1.807) is 23.9 Å². The predicted molar refractivity (Wildman–Crippen MR) is 71.1 cm³/mol. The van der Waals surface area contributed by atoms with Gasteiger partial charge in [0.25, 0.3) is 0 Å². The smallest absolute Gasteiger partial charge is 0.311 e. The monoisotopic (exact) mass is 326 g/mol. The summed E-state index contributed by atoms with van der Waals surface area (Å²) < 4.78 is 7.00. The SMILES string of the molecule is Cn1ncnc1COc1ccc(CBr)cc1[N+](=O)[O-]. The van der Waals surface area contributed by atoms with E-state index in [0.29, 0.717) is 11.2 Å². The zero-order chi connectivity index (χ0) is 13.8. The summed E-state index contributed by atoms with van der Waals surface area (Å²) in [5.41, 5.74) is 0.761. The van der Waals surface area contributed by atoms with Crippen molar-refractivity contribution in [2.45, 2.75) is 11.9 Å². The number of aromatic nitrogens is 3. The number of nitro groups is 1. The van der Waals surface area contributed by atoms with Crippen molar-refractivity contribution in [3.63, 3.8) is 0 Å². The van der Waals surface area contributed by atoms with E-state index in [4.69, 9.17) is 4.74 Å². The molecule has 7 nitrogen and oxygen atoms in total. The Hall–Kier alpha value is -1.96. The molecule has 0 aliphatic heterocycles. The molecular weight excluding hydrogens is 316 g/mol. The predicted octanol–water partition coefficient (Wildman–Crippen LogP) is 2.20. The average molecular weight is 327 g/mol. The first-order chi connectivity index (χ1) is 9.11. The van der Waals surface area contributed by atoms with E-state index in [1.807, 2.05) is 0 Å². The van der Waals surface area contributed by atoms with Crippen LogP contribution in [0.15, 0.2) is 24.5 Å². The Bertz CT molecular complexity index is 599. The summed E-state index contributed by atoms with van der Waals surface area (Å²) in [5, 5.41) is 15.4. The maximum Gasteiger partial charge on any atom is 0.311 e. The maximum atomic E-state index is 11.0. The van der Waals surface area contributed by atoms with Crippen molar-refractivity contribution in [3.05, 3.63) is 46.0 Å². The number of nitro benzene ring substituents is 1. The van der Waals surface area contributed by atoms with Gasteiger partial charge in [-0.25, -0.2) is 4.98 Å². The van der Waals surface area contributed by atoms with Gasteiger partial charge in [0.15, 0.2) is 11.6 Å². The van der Waals surface area contributed by atoms with Gasteiger partial charge in [-0.1, -0.05) is 22.0 Å². The molecule has 0 bridgehead atoms. The molecule has 8 heteroatoms. The summed E-state index contributed by atoms with van der Waals surface area (Å²) in [6.07, 6.45) is 1.40. The number of alkyl halides is 1. The molecule has 0 saturated carbocycles. The lowest BCUT2D eigenvalue weighted by atomic mass is 10.2. The Morgan fingerprint density at radius 3 is 2.89 bits per heavy atom. The lowest BCUT2D eigenvalue weighted by Crippen LogP contribution is -2.05. The molecule has 0 aliphatic rings. The van der Waals surface area contributed by atoms with Crippen molar-refractivity contribution in [3.8, 4) is 5.75 Å². The topological polar surface area (TPSA) is 83.1 Å². The van der Waals surface area contributed by atoms with Crippen LogP contribution in [0.3, 0.4) is 0 Å². The van der Waals surface area contributed by atoms with E-state index in [-0.39, 0.29) is 18.0 Å². The van der Waals surface area contributed by atoms with Crippen LogP contribution >= 0.6 is 15.9 Å². The Morgan fingerprint density at radius 2 is 2.32 bits per heavy atom. The fourth-order valence-electron chi connectivity index (χ4n) is 1.50. The lowest BCUT2D eigenvalue weighted by molar-refractivity contribution is -0.386. The minimum absolute atomic E-state index is 0.0564. The van der Waals surface area contributed by atoms with Gasteiger partial charge in [-0.2, -0.15) is 5.10 Å². The van der Waals surface area contributed by atoms with Crippen LogP contribution in [0.1, 0.15) is 11.4 Å². The molecule has 0 radical (unpaired) electrons. The van der Waals surface area contributed by atoms with Gasteiger partial charge < -0.3 is 4.74 Å². The molecule has 100 valence electrons. The third kappa shape index (κ3) is 3.08. The molecule has 1 aromatic heterocycles. The Labute approximate surface area is 117 Å². The first kappa shape index (κ1) is 13.5. The van der Waals surface area contributed by atoms with Gasteiger partial charge in [0.05, 0.1) is 4.92 Å². The van der Waals surface area contributed by atoms with Gasteiger partial charge in [-0.05, 0) is 11.6 Å². The van der Waals surface area contributed by atoms with Crippen molar-refractivity contribution in [1.82, 2.24) is 14.8 Å². The number of ether oxygens (including phenoxy) is 1. The Morgan fingerprint density at radius 1 is 1.53 bits per heavy atom. The molecule has 0 spiro atoms. The fourth-order valence-corrected chi connectivity index (χ4v) is 1.85. The van der Waals surface area contributed by atoms with Crippen LogP contribution in [0.25, 0.3) is 0 Å². The van der Waals surface area contributed by atoms with Crippen LogP contribution < -0.4 is 4.74 Å². The average Bonchev–Trinajstić information content (AvgIpc) is 2.81. The molecule has 1 aromatic carbocycles. The molecule has 0 amide bonds. The van der Waals surface area contributed by atoms with Gasteiger partial charge in [0, 0.05) is 18.4 Å². The molecule has 1 heterocycles. The van der Waals surface area contributed by atoms with Crippen molar-refractivity contribution in [2.75, 3.05) is 0 Å². The summed E-state index contributed by atoms with van der Waals surface area (Å²) in [5.74, 6) is 0.816. The highest BCUT2D eigenvalue weighted by molar-refractivity contribution is 9.08. The molecular formula is C11H11BrN4O3. The Balaban J connectivity index is 2.20. The molecule has 2 rings (SSSR count). The van der Waals surface area contributed by atoms with Gasteiger partial charge in [-0.3, -0.25) is 14.8 Å². The first-order valence-corrected chi connectivity index (χ1v) is 6.53. The second kappa shape index (κ2) is 5.79. The second-order valence-corrected chi connectivity index (χ2v) is 4.34. The molecule has 0 unspecified atom stereocenters. The second-order valence-electron chi connectivity index (χ2n) is 3.78. The fraction of sp³-hybridized carbons (Fsp3) is 0.273. The molecule has 0 saturated heterocycles. The third-order valence-corrected chi connectivity index (χ3v) is 3.18. The summed E-state index contributed by atoms with van der Waals surface area (Å²) >= 11 is 3.26. The number of hydrogen-bond donors (Lipinski definition) is 0. The minimum Gasteiger partial charge on any atom is -0.479 e. The minimum atomic E-state index is -0.460. The maximum absolute atomic E-state index is 11.0. The zero-order valence-corrected chi connectivity index (χ0v) is 11.7. The lowest BCUT2D eigenvalue weighted by Gasteiger charge is -2.07. The van der Waals surface area contributed by atoms with Crippen molar-refractivity contribution in [2.24, 2.45) is 7.05 Å². The van der Waals surface area contributed by atoms with E-state index < -0.39 is 4.92 Å². The van der Waals surface area contributed by atoms with E-state index in [0.717, 1.165) is 5.56 Å². The van der Waals surface area contributed by atoms with Crippen LogP contribution in [0.5, 0.6) is 5.75 Å². The number of rotatable bonds is 5. The van der Waals surface area contributed by atoms with Crippen LogP contribution in [-0.4, -0.2) is 19.7 Å². The standard InChI is InChI=1S/C11H11BrN4O3/c1-15-11(13-7-14-15)6-19-10-3-2-8(5-12)4-9(10)16(17)18/h2-4,7H,5-6H2,1H3.